The second-order valence-electron chi connectivity index (χ2n) is 9.18. The highest BCUT2D eigenvalue weighted by Gasteiger charge is 2.35. The second-order valence-corrected chi connectivity index (χ2v) is 10.2. The van der Waals surface area contributed by atoms with Crippen LogP contribution in [0.4, 0.5) is 21.9 Å². The van der Waals surface area contributed by atoms with Crippen LogP contribution >= 0.6 is 11.3 Å². The molecular weight excluding hydrogens is 500 g/mol. The monoisotopic (exact) mass is 524 g/mol. The third-order valence-corrected chi connectivity index (χ3v) is 7.97. The van der Waals surface area contributed by atoms with Crippen molar-refractivity contribution in [1.82, 2.24) is 20.6 Å². The molecule has 3 N–H and O–H groups in total. The first kappa shape index (κ1) is 23.8. The fraction of sp³-hybridized carbons (Fsp3) is 0.179. The Morgan fingerprint density at radius 1 is 1.05 bits per heavy atom. The topological polar surface area (TPSA) is 116 Å². The molecule has 1 aromatic carbocycles. The molecule has 1 aliphatic heterocycles. The van der Waals surface area contributed by atoms with Crippen LogP contribution in [0.25, 0.3) is 21.5 Å². The quantitative estimate of drug-likeness (QED) is 0.307. The molecule has 38 heavy (non-hydrogen) atoms. The molecule has 2 atom stereocenters. The molecular formula is C28H24N6O3S. The van der Waals surface area contributed by atoms with E-state index in [1.54, 1.807) is 29.4 Å². The molecule has 0 radical (unpaired) electrons. The van der Waals surface area contributed by atoms with Gasteiger partial charge in [-0.25, -0.2) is 9.78 Å². The van der Waals surface area contributed by atoms with Crippen molar-refractivity contribution < 1.29 is 14.4 Å². The van der Waals surface area contributed by atoms with Crippen molar-refractivity contribution in [2.45, 2.75) is 31.3 Å². The Bertz CT molecular complexity index is 1580. The van der Waals surface area contributed by atoms with Crippen LogP contribution in [0.3, 0.4) is 0 Å². The molecule has 10 heteroatoms. The molecule has 9 nitrogen and oxygen atoms in total. The number of hydrogen-bond acceptors (Lipinski definition) is 6. The molecule has 0 unspecified atom stereocenters. The van der Waals surface area contributed by atoms with E-state index in [1.165, 1.54) is 17.4 Å². The SMILES string of the molecule is C=CC(=O)N[C@H]1CCC[C@H]1NC(=O)c1sc2nccc3c2c1NC(=O)N3c1ccnc(-c2ccccc2)c1. The van der Waals surface area contributed by atoms with E-state index in [2.05, 4.69) is 32.5 Å². The van der Waals surface area contributed by atoms with E-state index in [0.29, 0.717) is 32.2 Å². The number of rotatable bonds is 6. The van der Waals surface area contributed by atoms with Crippen molar-refractivity contribution in [3.63, 3.8) is 0 Å². The average molecular weight is 525 g/mol. The maximum absolute atomic E-state index is 13.5. The van der Waals surface area contributed by atoms with E-state index in [0.717, 1.165) is 30.5 Å². The van der Waals surface area contributed by atoms with Gasteiger partial charge >= 0.3 is 6.03 Å². The van der Waals surface area contributed by atoms with Gasteiger partial charge in [-0.1, -0.05) is 36.9 Å². The molecule has 4 heterocycles. The summed E-state index contributed by atoms with van der Waals surface area (Å²) in [5, 5.41) is 9.60. The fourth-order valence-corrected chi connectivity index (χ4v) is 6.13. The van der Waals surface area contributed by atoms with E-state index in [-0.39, 0.29) is 29.9 Å². The van der Waals surface area contributed by atoms with Gasteiger partial charge in [-0.2, -0.15) is 0 Å². The summed E-state index contributed by atoms with van der Waals surface area (Å²) in [6, 6.07) is 14.4. The van der Waals surface area contributed by atoms with Gasteiger partial charge in [-0.15, -0.1) is 11.3 Å². The number of hydrogen-bond donors (Lipinski definition) is 3. The lowest BCUT2D eigenvalue weighted by Crippen LogP contribution is -2.48. The van der Waals surface area contributed by atoms with Crippen molar-refractivity contribution in [2.75, 3.05) is 10.2 Å². The van der Waals surface area contributed by atoms with Gasteiger partial charge in [0.15, 0.2) is 0 Å². The zero-order valence-corrected chi connectivity index (χ0v) is 21.1. The largest absolute Gasteiger partial charge is 0.348 e. The molecule has 1 saturated carbocycles. The molecule has 1 fully saturated rings. The number of amides is 4. The van der Waals surface area contributed by atoms with Crippen LogP contribution in [0.1, 0.15) is 28.9 Å². The maximum atomic E-state index is 13.5. The van der Waals surface area contributed by atoms with Gasteiger partial charge in [0.05, 0.1) is 28.1 Å². The number of pyridine rings is 2. The number of urea groups is 1. The van der Waals surface area contributed by atoms with Gasteiger partial charge in [0.25, 0.3) is 5.91 Å². The van der Waals surface area contributed by atoms with Crippen LogP contribution in [0.2, 0.25) is 0 Å². The van der Waals surface area contributed by atoms with Crippen molar-refractivity contribution in [3.05, 3.63) is 78.5 Å². The number of anilines is 3. The molecule has 4 amide bonds. The lowest BCUT2D eigenvalue weighted by atomic mass is 10.1. The predicted molar refractivity (Wildman–Crippen MR) is 148 cm³/mol. The summed E-state index contributed by atoms with van der Waals surface area (Å²) < 4.78 is 0. The lowest BCUT2D eigenvalue weighted by Gasteiger charge is -2.28. The van der Waals surface area contributed by atoms with Crippen LogP contribution in [0.15, 0.2) is 73.6 Å². The molecule has 4 aromatic rings. The van der Waals surface area contributed by atoms with Gasteiger partial charge in [-0.05, 0) is 43.5 Å². The summed E-state index contributed by atoms with van der Waals surface area (Å²) >= 11 is 1.23. The van der Waals surface area contributed by atoms with Gasteiger partial charge in [-0.3, -0.25) is 19.5 Å². The number of thiophene rings is 1. The minimum Gasteiger partial charge on any atom is -0.348 e. The van der Waals surface area contributed by atoms with Crippen LogP contribution < -0.4 is 20.9 Å². The Labute approximate surface area is 222 Å². The first-order valence-electron chi connectivity index (χ1n) is 12.3. The molecule has 190 valence electrons. The highest BCUT2D eigenvalue weighted by Crippen LogP contribution is 2.46. The number of aromatic nitrogens is 2. The maximum Gasteiger partial charge on any atom is 0.331 e. The van der Waals surface area contributed by atoms with E-state index in [1.807, 2.05) is 36.4 Å². The van der Waals surface area contributed by atoms with Crippen LogP contribution in [0.5, 0.6) is 0 Å². The first-order valence-corrected chi connectivity index (χ1v) is 13.1. The van der Waals surface area contributed by atoms with E-state index in [9.17, 15) is 14.4 Å². The third-order valence-electron chi connectivity index (χ3n) is 6.87. The number of carbonyl (C=O) groups is 3. The summed E-state index contributed by atoms with van der Waals surface area (Å²) in [7, 11) is 0. The summed E-state index contributed by atoms with van der Waals surface area (Å²) in [6.07, 6.45) is 6.96. The van der Waals surface area contributed by atoms with Crippen molar-refractivity contribution >= 4 is 56.5 Å². The summed E-state index contributed by atoms with van der Waals surface area (Å²) in [5.74, 6) is -0.566. The summed E-state index contributed by atoms with van der Waals surface area (Å²) in [5.41, 5.74) is 3.43. The van der Waals surface area contributed by atoms with Crippen molar-refractivity contribution in [1.29, 1.82) is 0 Å². The molecule has 0 spiro atoms. The Balaban J connectivity index is 1.34. The smallest absolute Gasteiger partial charge is 0.331 e. The molecule has 2 aliphatic rings. The third kappa shape index (κ3) is 4.18. The molecule has 1 aliphatic carbocycles. The van der Waals surface area contributed by atoms with Gasteiger partial charge < -0.3 is 16.0 Å². The standard InChI is InChI=1S/C28H24N6O3S/c1-2-22(35)31-18-9-6-10-19(18)32-26(36)25-24-23-21(12-14-30-27(23)38-25)34(28(37)33-24)17-11-13-29-20(15-17)16-7-4-3-5-8-16/h2-5,7-8,11-15,18-19H,1,6,9-10H2,(H,31,35)(H,32,36)(H,33,37)/t18-,19+/m0/s1. The van der Waals surface area contributed by atoms with Crippen LogP contribution in [-0.4, -0.2) is 39.9 Å². The van der Waals surface area contributed by atoms with Gasteiger partial charge in [0.2, 0.25) is 5.91 Å². The average Bonchev–Trinajstić information content (AvgIpc) is 3.54. The number of nitrogens with one attached hydrogen (secondary N) is 3. The molecule has 6 rings (SSSR count). The zero-order valence-electron chi connectivity index (χ0n) is 20.3. The highest BCUT2D eigenvalue weighted by atomic mass is 32.1. The normalized spacial score (nSPS) is 18.2. The van der Waals surface area contributed by atoms with E-state index >= 15 is 0 Å². The first-order chi connectivity index (χ1) is 18.5. The Hall–Kier alpha value is -4.57. The second kappa shape index (κ2) is 9.71. The minimum atomic E-state index is -0.375. The molecule has 0 bridgehead atoms. The number of nitrogens with zero attached hydrogens (tertiary/aromatic N) is 3. The van der Waals surface area contributed by atoms with Crippen molar-refractivity contribution in [3.8, 4) is 11.3 Å². The van der Waals surface area contributed by atoms with Crippen molar-refractivity contribution in [2.24, 2.45) is 0 Å². The van der Waals surface area contributed by atoms with Crippen LogP contribution in [-0.2, 0) is 4.79 Å². The number of carbonyl (C=O) groups excluding carboxylic acids is 3. The summed E-state index contributed by atoms with van der Waals surface area (Å²) in [4.78, 5) is 50.3. The fourth-order valence-electron chi connectivity index (χ4n) is 5.11. The number of benzene rings is 1. The Morgan fingerprint density at radius 3 is 2.61 bits per heavy atom. The molecule has 0 saturated heterocycles. The Kier molecular flexibility index (Phi) is 6.09. The zero-order chi connectivity index (χ0) is 26.2. The van der Waals surface area contributed by atoms with Gasteiger partial charge in [0.1, 0.15) is 9.71 Å². The van der Waals surface area contributed by atoms with Crippen LogP contribution in [0, 0.1) is 0 Å². The van der Waals surface area contributed by atoms with Gasteiger partial charge in [0, 0.05) is 30.0 Å². The summed E-state index contributed by atoms with van der Waals surface area (Å²) in [6.45, 7) is 3.50. The molecule has 3 aromatic heterocycles. The van der Waals surface area contributed by atoms with E-state index < -0.39 is 0 Å². The predicted octanol–water partition coefficient (Wildman–Crippen LogP) is 5.00. The Morgan fingerprint density at radius 2 is 1.82 bits per heavy atom. The van der Waals surface area contributed by atoms with E-state index in [4.69, 9.17) is 0 Å². The highest BCUT2D eigenvalue weighted by molar-refractivity contribution is 7.21. The lowest BCUT2D eigenvalue weighted by molar-refractivity contribution is -0.117. The minimum absolute atomic E-state index is 0.167.